The quantitative estimate of drug-likeness (QED) is 0.442. The summed E-state index contributed by atoms with van der Waals surface area (Å²) in [4.78, 5) is 25.5. The number of benzene rings is 1. The number of aromatic nitrogens is 4. The molecule has 0 spiro atoms. The van der Waals surface area contributed by atoms with Crippen LogP contribution >= 0.6 is 11.3 Å². The third-order valence-corrected chi connectivity index (χ3v) is 5.54. The highest BCUT2D eigenvalue weighted by molar-refractivity contribution is 7.10. The number of pyridine rings is 1. The van der Waals surface area contributed by atoms with Gasteiger partial charge in [0.25, 0.3) is 5.91 Å². The number of rotatable bonds is 8. The maximum Gasteiger partial charge on any atom is 0.251 e. The Hall–Kier alpha value is -3.59. The lowest BCUT2D eigenvalue weighted by Gasteiger charge is -2.12. The van der Waals surface area contributed by atoms with Crippen LogP contribution in [0.4, 0.5) is 0 Å². The van der Waals surface area contributed by atoms with Gasteiger partial charge < -0.3 is 14.6 Å². The van der Waals surface area contributed by atoms with Crippen molar-refractivity contribution in [1.29, 1.82) is 0 Å². The Labute approximate surface area is 183 Å². The third kappa shape index (κ3) is 5.13. The van der Waals surface area contributed by atoms with Crippen molar-refractivity contribution in [2.24, 2.45) is 0 Å². The first-order valence-corrected chi connectivity index (χ1v) is 10.7. The Kier molecular flexibility index (Phi) is 6.32. The van der Waals surface area contributed by atoms with E-state index in [1.54, 1.807) is 36.7 Å². The summed E-state index contributed by atoms with van der Waals surface area (Å²) in [5.74, 6) is 1.51. The largest absolute Gasteiger partial charge is 0.485 e. The number of carbonyl (C=O) groups excluding carboxylic acids is 1. The predicted octanol–water partition coefficient (Wildman–Crippen LogP) is 4.22. The molecule has 0 fully saturated rings. The molecule has 3 aromatic heterocycles. The smallest absolute Gasteiger partial charge is 0.251 e. The van der Waals surface area contributed by atoms with Gasteiger partial charge in [0, 0.05) is 35.3 Å². The number of ether oxygens (including phenoxy) is 1. The van der Waals surface area contributed by atoms with Gasteiger partial charge in [-0.05, 0) is 43.3 Å². The topological polar surface area (TPSA) is 103 Å². The summed E-state index contributed by atoms with van der Waals surface area (Å²) in [5.41, 5.74) is 2.41. The molecule has 3 heterocycles. The molecule has 31 heavy (non-hydrogen) atoms. The van der Waals surface area contributed by atoms with Gasteiger partial charge in [0.1, 0.15) is 10.8 Å². The molecule has 1 N–H and O–H groups in total. The zero-order valence-electron chi connectivity index (χ0n) is 17.1. The van der Waals surface area contributed by atoms with Crippen molar-refractivity contribution < 1.29 is 14.1 Å². The number of nitrogens with zero attached hydrogens (tertiary/aromatic N) is 4. The summed E-state index contributed by atoms with van der Waals surface area (Å²) in [5, 5.41) is 9.65. The second-order valence-electron chi connectivity index (χ2n) is 6.77. The van der Waals surface area contributed by atoms with E-state index in [-0.39, 0.29) is 18.6 Å². The van der Waals surface area contributed by atoms with Gasteiger partial charge in [-0.1, -0.05) is 12.1 Å². The molecule has 8 nitrogen and oxygen atoms in total. The molecule has 9 heteroatoms. The lowest BCUT2D eigenvalue weighted by Crippen LogP contribution is -2.26. The van der Waals surface area contributed by atoms with E-state index in [2.05, 4.69) is 25.4 Å². The molecule has 0 aliphatic carbocycles. The third-order valence-electron chi connectivity index (χ3n) is 4.51. The molecule has 1 aromatic carbocycles. The van der Waals surface area contributed by atoms with Gasteiger partial charge in [0.15, 0.2) is 6.61 Å². The summed E-state index contributed by atoms with van der Waals surface area (Å²) in [6.45, 7) is 4.06. The fourth-order valence-electron chi connectivity index (χ4n) is 2.83. The second-order valence-corrected chi connectivity index (χ2v) is 7.66. The number of aryl methyl sites for hydroxylation is 1. The number of nitrogens with one attached hydrogen (secondary N) is 1. The lowest BCUT2D eigenvalue weighted by molar-refractivity contribution is 0.0940. The van der Waals surface area contributed by atoms with Crippen molar-refractivity contribution in [3.8, 4) is 17.0 Å². The van der Waals surface area contributed by atoms with Crippen LogP contribution in [0.1, 0.15) is 47.0 Å². The van der Waals surface area contributed by atoms with Crippen LogP contribution in [0.2, 0.25) is 0 Å². The van der Waals surface area contributed by atoms with Gasteiger partial charge in [-0.25, -0.2) is 4.98 Å². The average molecular weight is 436 g/mol. The Morgan fingerprint density at radius 1 is 1.16 bits per heavy atom. The number of hydrogen-bond donors (Lipinski definition) is 1. The molecular formula is C22H21N5O3S. The maximum atomic E-state index is 12.6. The molecule has 0 aliphatic heterocycles. The number of amides is 1. The predicted molar refractivity (Wildman–Crippen MR) is 116 cm³/mol. The molecule has 0 saturated carbocycles. The highest BCUT2D eigenvalue weighted by atomic mass is 32.1. The van der Waals surface area contributed by atoms with Crippen LogP contribution < -0.4 is 10.1 Å². The fraction of sp³-hybridized carbons (Fsp3) is 0.227. The van der Waals surface area contributed by atoms with Crippen LogP contribution in [-0.2, 0) is 13.0 Å². The number of carbonyl (C=O) groups is 1. The molecule has 0 bridgehead atoms. The van der Waals surface area contributed by atoms with Crippen LogP contribution in [0, 0.1) is 0 Å². The Bertz CT molecular complexity index is 1140. The Morgan fingerprint density at radius 2 is 1.94 bits per heavy atom. The summed E-state index contributed by atoms with van der Waals surface area (Å²) in [7, 11) is 0. The number of thiazole rings is 1. The van der Waals surface area contributed by atoms with Gasteiger partial charge in [0.05, 0.1) is 11.7 Å². The Morgan fingerprint density at radius 3 is 2.65 bits per heavy atom. The van der Waals surface area contributed by atoms with E-state index in [0.717, 1.165) is 16.3 Å². The van der Waals surface area contributed by atoms with Crippen molar-refractivity contribution in [3.05, 3.63) is 76.5 Å². The maximum absolute atomic E-state index is 12.6. The standard InChI is InChI=1S/C22H21N5O3S/c1-3-20-26-19(27-30-20)12-29-17-6-4-16(5-7-17)21(28)24-14(2)22-25-18(13-31-22)15-8-10-23-11-9-15/h4-11,13-14H,3,12H2,1-2H3,(H,24,28). The minimum absolute atomic E-state index is 0.175. The van der Waals surface area contributed by atoms with E-state index in [1.165, 1.54) is 11.3 Å². The highest BCUT2D eigenvalue weighted by Crippen LogP contribution is 2.25. The zero-order chi connectivity index (χ0) is 21.6. The Balaban J connectivity index is 1.33. The van der Waals surface area contributed by atoms with E-state index in [4.69, 9.17) is 9.26 Å². The van der Waals surface area contributed by atoms with Gasteiger partial charge in [-0.2, -0.15) is 4.98 Å². The second kappa shape index (κ2) is 9.48. The molecule has 0 saturated heterocycles. The van der Waals surface area contributed by atoms with Crippen LogP contribution in [0.3, 0.4) is 0 Å². The SMILES string of the molecule is CCc1nc(COc2ccc(C(=O)NC(C)c3nc(-c4ccncc4)cs3)cc2)no1. The van der Waals surface area contributed by atoms with Crippen LogP contribution in [0.15, 0.2) is 58.7 Å². The lowest BCUT2D eigenvalue weighted by atomic mass is 10.2. The number of hydrogen-bond acceptors (Lipinski definition) is 8. The minimum Gasteiger partial charge on any atom is -0.485 e. The average Bonchev–Trinajstić information content (AvgIpc) is 3.48. The van der Waals surface area contributed by atoms with Crippen LogP contribution in [-0.4, -0.2) is 26.0 Å². The van der Waals surface area contributed by atoms with Crippen molar-refractivity contribution >= 4 is 17.2 Å². The van der Waals surface area contributed by atoms with Crippen LogP contribution in [0.5, 0.6) is 5.75 Å². The molecule has 4 aromatic rings. The summed E-state index contributed by atoms with van der Waals surface area (Å²) >= 11 is 1.51. The first kappa shape index (κ1) is 20.7. The molecule has 4 rings (SSSR count). The van der Waals surface area contributed by atoms with Crippen molar-refractivity contribution in [3.63, 3.8) is 0 Å². The molecule has 0 aliphatic rings. The first-order valence-electron chi connectivity index (χ1n) is 9.83. The fourth-order valence-corrected chi connectivity index (χ4v) is 3.66. The minimum atomic E-state index is -0.213. The summed E-state index contributed by atoms with van der Waals surface area (Å²) in [6.07, 6.45) is 4.15. The van der Waals surface area contributed by atoms with Gasteiger partial charge >= 0.3 is 0 Å². The van der Waals surface area contributed by atoms with E-state index in [0.29, 0.717) is 29.4 Å². The summed E-state index contributed by atoms with van der Waals surface area (Å²) in [6, 6.07) is 10.5. The molecule has 1 unspecified atom stereocenters. The first-order chi connectivity index (χ1) is 15.1. The summed E-state index contributed by atoms with van der Waals surface area (Å²) < 4.78 is 10.7. The monoisotopic (exact) mass is 435 g/mol. The normalized spacial score (nSPS) is 11.8. The molecular weight excluding hydrogens is 414 g/mol. The van der Waals surface area contributed by atoms with E-state index < -0.39 is 0 Å². The van der Waals surface area contributed by atoms with Gasteiger partial charge in [-0.3, -0.25) is 9.78 Å². The van der Waals surface area contributed by atoms with E-state index >= 15 is 0 Å². The zero-order valence-corrected chi connectivity index (χ0v) is 17.9. The van der Waals surface area contributed by atoms with Gasteiger partial charge in [0.2, 0.25) is 11.7 Å². The van der Waals surface area contributed by atoms with Crippen molar-refractivity contribution in [2.75, 3.05) is 0 Å². The van der Waals surface area contributed by atoms with E-state index in [1.807, 2.05) is 31.4 Å². The van der Waals surface area contributed by atoms with E-state index in [9.17, 15) is 4.79 Å². The highest BCUT2D eigenvalue weighted by Gasteiger charge is 2.15. The van der Waals surface area contributed by atoms with Gasteiger partial charge in [-0.15, -0.1) is 11.3 Å². The van der Waals surface area contributed by atoms with Crippen molar-refractivity contribution in [2.45, 2.75) is 32.9 Å². The molecule has 0 radical (unpaired) electrons. The molecule has 158 valence electrons. The van der Waals surface area contributed by atoms with Crippen molar-refractivity contribution in [1.82, 2.24) is 25.4 Å². The molecule has 1 amide bonds. The van der Waals surface area contributed by atoms with Crippen LogP contribution in [0.25, 0.3) is 11.3 Å². The molecule has 1 atom stereocenters.